The summed E-state index contributed by atoms with van der Waals surface area (Å²) in [5, 5.41) is 3.16. The van der Waals surface area contributed by atoms with Crippen LogP contribution in [0.4, 0.5) is 0 Å². The van der Waals surface area contributed by atoms with E-state index >= 15 is 0 Å². The molecule has 3 aliphatic heterocycles. The molecule has 1 amide bonds. The lowest BCUT2D eigenvalue weighted by Crippen LogP contribution is -2.47. The van der Waals surface area contributed by atoms with E-state index in [0.717, 1.165) is 18.9 Å². The molecule has 2 fully saturated rings. The molecule has 0 saturated carbocycles. The Bertz CT molecular complexity index is 563. The summed E-state index contributed by atoms with van der Waals surface area (Å²) >= 11 is 0. The zero-order valence-corrected chi connectivity index (χ0v) is 12.2. The standard InChI is InChI=1S/C16H20N2O3/c1-10-20-14-3-2-12(7-15(14)21-10)16(19)17-13-6-11-4-5-18(8-11)9-13/h2-3,7,10-11,13H,4-6,8-9H2,1H3,(H,17,19)/t10?,11-,13-/m1/s1. The van der Waals surface area contributed by atoms with Gasteiger partial charge in [-0.2, -0.15) is 0 Å². The molecule has 4 atom stereocenters. The van der Waals surface area contributed by atoms with Crippen LogP contribution in [0.15, 0.2) is 18.2 Å². The minimum absolute atomic E-state index is 0.0200. The van der Waals surface area contributed by atoms with Gasteiger partial charge in [-0.15, -0.1) is 0 Å². The quantitative estimate of drug-likeness (QED) is 0.898. The van der Waals surface area contributed by atoms with Gasteiger partial charge in [-0.1, -0.05) is 0 Å². The fourth-order valence-corrected chi connectivity index (χ4v) is 3.65. The first-order valence-electron chi connectivity index (χ1n) is 7.68. The van der Waals surface area contributed by atoms with Gasteiger partial charge in [-0.05, 0) is 43.5 Å². The Morgan fingerprint density at radius 1 is 1.29 bits per heavy atom. The van der Waals surface area contributed by atoms with Crippen molar-refractivity contribution in [2.24, 2.45) is 5.92 Å². The monoisotopic (exact) mass is 288 g/mol. The lowest BCUT2D eigenvalue weighted by molar-refractivity contribution is 0.0677. The molecule has 2 bridgehead atoms. The molecule has 1 N–H and O–H groups in total. The number of piperidine rings is 1. The minimum atomic E-state index is -0.278. The number of benzene rings is 1. The highest BCUT2D eigenvalue weighted by molar-refractivity contribution is 5.95. The van der Waals surface area contributed by atoms with Gasteiger partial charge < -0.3 is 19.7 Å². The van der Waals surface area contributed by atoms with Crippen LogP contribution >= 0.6 is 0 Å². The van der Waals surface area contributed by atoms with Gasteiger partial charge in [0.25, 0.3) is 5.91 Å². The van der Waals surface area contributed by atoms with Gasteiger partial charge in [0.1, 0.15) is 0 Å². The van der Waals surface area contributed by atoms with Crippen LogP contribution in [-0.4, -0.2) is 42.8 Å². The SMILES string of the molecule is CC1Oc2ccc(C(=O)N[C@@H]3C[C@H]4CCN(C4)C3)cc2O1. The van der Waals surface area contributed by atoms with Gasteiger partial charge in [0.15, 0.2) is 11.5 Å². The number of hydrogen-bond donors (Lipinski definition) is 1. The molecule has 1 aromatic rings. The van der Waals surface area contributed by atoms with E-state index in [-0.39, 0.29) is 18.2 Å². The second-order valence-electron chi connectivity index (χ2n) is 6.29. The highest BCUT2D eigenvalue weighted by Crippen LogP contribution is 2.35. The summed E-state index contributed by atoms with van der Waals surface area (Å²) in [4.78, 5) is 14.8. The van der Waals surface area contributed by atoms with Gasteiger partial charge in [0, 0.05) is 31.6 Å². The van der Waals surface area contributed by atoms with Crippen LogP contribution < -0.4 is 14.8 Å². The van der Waals surface area contributed by atoms with Crippen molar-refractivity contribution < 1.29 is 14.3 Å². The van der Waals surface area contributed by atoms with Crippen LogP contribution in [0.5, 0.6) is 11.5 Å². The second-order valence-corrected chi connectivity index (χ2v) is 6.29. The Labute approximate surface area is 124 Å². The van der Waals surface area contributed by atoms with E-state index < -0.39 is 0 Å². The summed E-state index contributed by atoms with van der Waals surface area (Å²) in [6, 6.07) is 5.64. The molecule has 21 heavy (non-hydrogen) atoms. The molecule has 4 rings (SSSR count). The molecule has 3 aliphatic rings. The largest absolute Gasteiger partial charge is 0.451 e. The van der Waals surface area contributed by atoms with E-state index in [1.165, 1.54) is 19.5 Å². The van der Waals surface area contributed by atoms with Crippen molar-refractivity contribution >= 4 is 5.91 Å². The average Bonchev–Trinajstić information content (AvgIpc) is 2.99. The first-order valence-corrected chi connectivity index (χ1v) is 7.68. The second kappa shape index (κ2) is 4.91. The predicted molar refractivity (Wildman–Crippen MR) is 77.6 cm³/mol. The number of hydrogen-bond acceptors (Lipinski definition) is 4. The van der Waals surface area contributed by atoms with Gasteiger partial charge in [-0.3, -0.25) is 4.79 Å². The number of carbonyl (C=O) groups excluding carboxylic acids is 1. The molecule has 3 heterocycles. The van der Waals surface area contributed by atoms with Gasteiger partial charge in [0.2, 0.25) is 6.29 Å². The number of carbonyl (C=O) groups is 1. The topological polar surface area (TPSA) is 50.8 Å². The van der Waals surface area contributed by atoms with Gasteiger partial charge in [-0.25, -0.2) is 0 Å². The summed E-state index contributed by atoms with van der Waals surface area (Å²) in [6.07, 6.45) is 2.10. The van der Waals surface area contributed by atoms with Crippen LogP contribution in [0.3, 0.4) is 0 Å². The summed E-state index contributed by atoms with van der Waals surface area (Å²) in [6.45, 7) is 5.20. The van der Waals surface area contributed by atoms with Gasteiger partial charge in [0.05, 0.1) is 0 Å². The summed E-state index contributed by atoms with van der Waals surface area (Å²) in [5.41, 5.74) is 0.638. The van der Waals surface area contributed by atoms with Crippen LogP contribution in [0.1, 0.15) is 30.1 Å². The molecule has 1 aromatic carbocycles. The Hall–Kier alpha value is -1.75. The zero-order chi connectivity index (χ0) is 14.4. The van der Waals surface area contributed by atoms with E-state index in [0.29, 0.717) is 17.1 Å². The van der Waals surface area contributed by atoms with Crippen LogP contribution in [0.2, 0.25) is 0 Å². The molecule has 0 spiro atoms. The van der Waals surface area contributed by atoms with Crippen molar-refractivity contribution in [3.8, 4) is 11.5 Å². The molecule has 2 unspecified atom stereocenters. The van der Waals surface area contributed by atoms with Crippen molar-refractivity contribution in [3.05, 3.63) is 23.8 Å². The maximum absolute atomic E-state index is 12.4. The third kappa shape index (κ3) is 2.46. The number of rotatable bonds is 2. The van der Waals surface area contributed by atoms with E-state index in [1.54, 1.807) is 12.1 Å². The number of nitrogens with zero attached hydrogens (tertiary/aromatic N) is 1. The highest BCUT2D eigenvalue weighted by Gasteiger charge is 2.33. The van der Waals surface area contributed by atoms with Crippen LogP contribution in [-0.2, 0) is 0 Å². The molecule has 2 saturated heterocycles. The van der Waals surface area contributed by atoms with Gasteiger partial charge >= 0.3 is 0 Å². The molecule has 112 valence electrons. The molecule has 0 aliphatic carbocycles. The summed E-state index contributed by atoms with van der Waals surface area (Å²) in [7, 11) is 0. The minimum Gasteiger partial charge on any atom is -0.451 e. The maximum Gasteiger partial charge on any atom is 0.251 e. The molecule has 5 nitrogen and oxygen atoms in total. The van der Waals surface area contributed by atoms with E-state index in [1.807, 2.05) is 13.0 Å². The Kier molecular flexibility index (Phi) is 3.03. The number of ether oxygens (including phenoxy) is 2. The third-order valence-electron chi connectivity index (χ3n) is 4.59. The lowest BCUT2D eigenvalue weighted by atomic mass is 9.96. The zero-order valence-electron chi connectivity index (χ0n) is 12.2. The fraction of sp³-hybridized carbons (Fsp3) is 0.562. The van der Waals surface area contributed by atoms with Crippen molar-refractivity contribution in [1.29, 1.82) is 0 Å². The normalized spacial score (nSPS) is 33.0. The first-order chi connectivity index (χ1) is 10.2. The Balaban J connectivity index is 1.45. The van der Waals surface area contributed by atoms with Crippen molar-refractivity contribution in [3.63, 3.8) is 0 Å². The third-order valence-corrected chi connectivity index (χ3v) is 4.59. The van der Waals surface area contributed by atoms with E-state index in [9.17, 15) is 4.79 Å². The van der Waals surface area contributed by atoms with E-state index in [4.69, 9.17) is 9.47 Å². The van der Waals surface area contributed by atoms with Crippen LogP contribution in [0.25, 0.3) is 0 Å². The Morgan fingerprint density at radius 3 is 3.00 bits per heavy atom. The smallest absolute Gasteiger partial charge is 0.251 e. The average molecular weight is 288 g/mol. The highest BCUT2D eigenvalue weighted by atomic mass is 16.7. The number of fused-ring (bicyclic) bond motifs is 3. The lowest BCUT2D eigenvalue weighted by Gasteiger charge is -2.30. The number of nitrogens with one attached hydrogen (secondary N) is 1. The fourth-order valence-electron chi connectivity index (χ4n) is 3.65. The molecular formula is C16H20N2O3. The molecule has 0 radical (unpaired) electrons. The van der Waals surface area contributed by atoms with Crippen LogP contribution in [0, 0.1) is 5.92 Å². The summed E-state index contributed by atoms with van der Waals surface area (Å²) < 4.78 is 11.0. The van der Waals surface area contributed by atoms with Crippen molar-refractivity contribution in [2.75, 3.05) is 19.6 Å². The molecule has 0 aromatic heterocycles. The molecular weight excluding hydrogens is 268 g/mol. The van der Waals surface area contributed by atoms with Crippen molar-refractivity contribution in [2.45, 2.75) is 32.1 Å². The summed E-state index contributed by atoms with van der Waals surface area (Å²) in [5.74, 6) is 2.10. The molecule has 5 heteroatoms. The van der Waals surface area contributed by atoms with E-state index in [2.05, 4.69) is 10.2 Å². The maximum atomic E-state index is 12.4. The number of amides is 1. The van der Waals surface area contributed by atoms with Crippen molar-refractivity contribution in [1.82, 2.24) is 10.2 Å². The first kappa shape index (κ1) is 13.0. The predicted octanol–water partition coefficient (Wildman–Crippen LogP) is 1.63. The Morgan fingerprint density at radius 2 is 2.14 bits per heavy atom.